The fourth-order valence-corrected chi connectivity index (χ4v) is 1.96. The molecular weight excluding hydrogens is 309 g/mol. The van der Waals surface area contributed by atoms with Crippen LogP contribution < -0.4 is 10.5 Å². The molecule has 4 nitrogen and oxygen atoms in total. The van der Waals surface area contributed by atoms with Gasteiger partial charge in [-0.15, -0.1) is 23.4 Å². The van der Waals surface area contributed by atoms with Gasteiger partial charge < -0.3 is 10.5 Å². The molecule has 0 spiro atoms. The summed E-state index contributed by atoms with van der Waals surface area (Å²) in [6, 6.07) is 5.11. The van der Waals surface area contributed by atoms with E-state index in [0.717, 1.165) is 0 Å². The monoisotopic (exact) mass is 321 g/mol. The number of esters is 1. The zero-order valence-corrected chi connectivity index (χ0v) is 12.5. The fraction of sp³-hybridized carbons (Fsp3) is 0.333. The molecule has 19 heavy (non-hydrogen) atoms. The summed E-state index contributed by atoms with van der Waals surface area (Å²) in [7, 11) is 0. The second-order valence-corrected chi connectivity index (χ2v) is 5.88. The summed E-state index contributed by atoms with van der Waals surface area (Å²) < 4.78 is 4.83. The van der Waals surface area contributed by atoms with Crippen molar-refractivity contribution in [2.75, 3.05) is 6.26 Å². The van der Waals surface area contributed by atoms with Crippen molar-refractivity contribution in [1.82, 2.24) is 0 Å². The second-order valence-electron chi connectivity index (χ2n) is 3.71. The van der Waals surface area contributed by atoms with Crippen LogP contribution in [0.25, 0.3) is 0 Å². The highest BCUT2D eigenvalue weighted by Gasteiger charge is 2.19. The molecule has 104 valence electrons. The van der Waals surface area contributed by atoms with Gasteiger partial charge in [-0.25, -0.2) is 4.79 Å². The Morgan fingerprint density at radius 1 is 1.37 bits per heavy atom. The topological polar surface area (TPSA) is 69.4 Å². The minimum absolute atomic E-state index is 0.237. The van der Waals surface area contributed by atoms with E-state index in [1.807, 2.05) is 6.26 Å². The van der Waals surface area contributed by atoms with E-state index in [4.69, 9.17) is 33.7 Å². The highest BCUT2D eigenvalue weighted by atomic mass is 35.5. The van der Waals surface area contributed by atoms with Crippen LogP contribution in [0.1, 0.15) is 16.8 Å². The Labute approximate surface area is 125 Å². The molecular formula is C12H13Cl2NO3S. The van der Waals surface area contributed by atoms with Gasteiger partial charge in [0.05, 0.1) is 4.71 Å². The number of halogens is 2. The summed E-state index contributed by atoms with van der Waals surface area (Å²) in [6.07, 6.45) is 2.15. The molecule has 0 saturated heterocycles. The normalized spacial score (nSPS) is 13.7. The molecule has 0 saturated carbocycles. The van der Waals surface area contributed by atoms with E-state index in [1.54, 1.807) is 0 Å². The van der Waals surface area contributed by atoms with Gasteiger partial charge in [-0.2, -0.15) is 0 Å². The van der Waals surface area contributed by atoms with Crippen LogP contribution in [0.15, 0.2) is 24.3 Å². The molecule has 0 aliphatic rings. The van der Waals surface area contributed by atoms with Crippen LogP contribution in [0.5, 0.6) is 5.75 Å². The Morgan fingerprint density at radius 2 is 1.95 bits per heavy atom. The third-order valence-corrected chi connectivity index (χ3v) is 3.93. The van der Waals surface area contributed by atoms with Crippen molar-refractivity contribution in [2.45, 2.75) is 17.2 Å². The molecule has 0 aliphatic carbocycles. The first kappa shape index (κ1) is 16.3. The number of rotatable bonds is 6. The van der Waals surface area contributed by atoms with Gasteiger partial charge in [0.1, 0.15) is 11.8 Å². The van der Waals surface area contributed by atoms with Crippen molar-refractivity contribution in [3.8, 4) is 5.75 Å². The predicted molar refractivity (Wildman–Crippen MR) is 78.0 cm³/mol. The zero-order valence-electron chi connectivity index (χ0n) is 10.1. The molecule has 2 unspecified atom stereocenters. The van der Waals surface area contributed by atoms with E-state index in [0.29, 0.717) is 17.7 Å². The Hall–Kier alpha value is -0.750. The lowest BCUT2D eigenvalue weighted by atomic mass is 10.2. The van der Waals surface area contributed by atoms with E-state index in [9.17, 15) is 9.59 Å². The average molecular weight is 322 g/mol. The molecule has 0 amide bonds. The minimum atomic E-state index is -0.788. The smallest absolute Gasteiger partial charge is 0.328 e. The Bertz CT molecular complexity index is 453. The van der Waals surface area contributed by atoms with Crippen molar-refractivity contribution >= 4 is 46.2 Å². The molecule has 0 heterocycles. The summed E-state index contributed by atoms with van der Waals surface area (Å²) in [4.78, 5) is 22.5. The molecule has 0 radical (unpaired) electrons. The fourth-order valence-electron chi connectivity index (χ4n) is 1.24. The molecule has 0 fully saturated rings. The first-order chi connectivity index (χ1) is 8.93. The summed E-state index contributed by atoms with van der Waals surface area (Å²) in [5.41, 5.74) is 6.00. The number of hydrogen-bond donors (Lipinski definition) is 1. The number of nitrogens with two attached hydrogens (primary N) is 1. The predicted octanol–water partition coefficient (Wildman–Crippen LogP) is 2.62. The quantitative estimate of drug-likeness (QED) is 0.377. The first-order valence-electron chi connectivity index (χ1n) is 5.38. The summed E-state index contributed by atoms with van der Waals surface area (Å²) in [5.74, 6) is -0.262. The van der Waals surface area contributed by atoms with Crippen LogP contribution in [-0.2, 0) is 4.79 Å². The van der Waals surface area contributed by atoms with Gasteiger partial charge >= 0.3 is 5.97 Å². The van der Waals surface area contributed by atoms with Gasteiger partial charge in [-0.1, -0.05) is 0 Å². The largest absolute Gasteiger partial charge is 0.425 e. The van der Waals surface area contributed by atoms with E-state index in [-0.39, 0.29) is 4.71 Å². The van der Waals surface area contributed by atoms with E-state index >= 15 is 0 Å². The maximum Gasteiger partial charge on any atom is 0.328 e. The number of ether oxygens (including phenoxy) is 1. The van der Waals surface area contributed by atoms with Crippen LogP contribution in [-0.4, -0.2) is 28.2 Å². The Balaban J connectivity index is 2.59. The number of hydrogen-bond acceptors (Lipinski definition) is 5. The lowest BCUT2D eigenvalue weighted by Crippen LogP contribution is -2.35. The molecule has 0 aromatic heterocycles. The van der Waals surface area contributed by atoms with Crippen molar-refractivity contribution in [3.63, 3.8) is 0 Å². The number of thioether (sulfide) groups is 1. The number of alkyl halides is 1. The van der Waals surface area contributed by atoms with E-state index in [1.165, 1.54) is 36.0 Å². The Morgan fingerprint density at radius 3 is 2.42 bits per heavy atom. The maximum absolute atomic E-state index is 11.7. The SMILES string of the molecule is CSC(Cl)CC(N)C(=O)Oc1ccc(C(=O)Cl)cc1. The average Bonchev–Trinajstić information content (AvgIpc) is 2.38. The molecule has 0 bridgehead atoms. The van der Waals surface area contributed by atoms with Crippen molar-refractivity contribution in [1.29, 1.82) is 0 Å². The van der Waals surface area contributed by atoms with E-state index in [2.05, 4.69) is 0 Å². The van der Waals surface area contributed by atoms with Crippen molar-refractivity contribution in [2.24, 2.45) is 5.73 Å². The lowest BCUT2D eigenvalue weighted by Gasteiger charge is -2.13. The maximum atomic E-state index is 11.7. The van der Waals surface area contributed by atoms with Crippen LogP contribution in [0, 0.1) is 0 Å². The van der Waals surface area contributed by atoms with Gasteiger partial charge in [0.15, 0.2) is 0 Å². The summed E-state index contributed by atoms with van der Waals surface area (Å²) in [6.45, 7) is 0. The number of carbonyl (C=O) groups is 2. The molecule has 7 heteroatoms. The molecule has 1 rings (SSSR count). The summed E-state index contributed by atoms with van der Waals surface area (Å²) >= 11 is 12.6. The van der Waals surface area contributed by atoms with Gasteiger partial charge in [0.25, 0.3) is 5.24 Å². The van der Waals surface area contributed by atoms with Gasteiger partial charge in [0.2, 0.25) is 0 Å². The van der Waals surface area contributed by atoms with E-state index < -0.39 is 17.3 Å². The lowest BCUT2D eigenvalue weighted by molar-refractivity contribution is -0.135. The van der Waals surface area contributed by atoms with Crippen molar-refractivity contribution in [3.05, 3.63) is 29.8 Å². The van der Waals surface area contributed by atoms with Gasteiger partial charge in [0, 0.05) is 5.56 Å². The zero-order chi connectivity index (χ0) is 14.4. The van der Waals surface area contributed by atoms with Crippen molar-refractivity contribution < 1.29 is 14.3 Å². The Kier molecular flexibility index (Phi) is 6.65. The third-order valence-electron chi connectivity index (χ3n) is 2.30. The van der Waals surface area contributed by atoms with Crippen LogP contribution >= 0.6 is 35.0 Å². The number of carbonyl (C=O) groups excluding carboxylic acids is 2. The third kappa shape index (κ3) is 5.40. The van der Waals surface area contributed by atoms with Gasteiger partial charge in [-0.3, -0.25) is 4.79 Å². The second kappa shape index (κ2) is 7.75. The molecule has 2 atom stereocenters. The van der Waals surface area contributed by atoms with Gasteiger partial charge in [-0.05, 0) is 48.5 Å². The number of benzene rings is 1. The molecule has 0 aliphatic heterocycles. The van der Waals surface area contributed by atoms with Crippen LogP contribution in [0.2, 0.25) is 0 Å². The highest BCUT2D eigenvalue weighted by molar-refractivity contribution is 8.00. The first-order valence-corrected chi connectivity index (χ1v) is 7.48. The minimum Gasteiger partial charge on any atom is -0.425 e. The summed E-state index contributed by atoms with van der Waals surface area (Å²) in [5, 5.41) is -0.570. The standard InChI is InChI=1S/C12H13Cl2NO3S/c1-19-10(13)6-9(15)12(17)18-8-4-2-7(3-5-8)11(14)16/h2-5,9-10H,6,15H2,1H3. The van der Waals surface area contributed by atoms with Crippen LogP contribution in [0.3, 0.4) is 0 Å². The molecule has 2 N–H and O–H groups in total. The molecule has 1 aromatic rings. The van der Waals surface area contributed by atoms with Crippen LogP contribution in [0.4, 0.5) is 0 Å². The highest BCUT2D eigenvalue weighted by Crippen LogP contribution is 2.18. The molecule has 1 aromatic carbocycles.